The highest BCUT2D eigenvalue weighted by Gasteiger charge is 2.26. The fourth-order valence-electron chi connectivity index (χ4n) is 1.54. The Morgan fingerprint density at radius 1 is 1.00 bits per heavy atom. The van der Waals surface area contributed by atoms with Crippen LogP contribution in [0.25, 0.3) is 0 Å². The summed E-state index contributed by atoms with van der Waals surface area (Å²) < 4.78 is 0. The van der Waals surface area contributed by atoms with Crippen molar-refractivity contribution in [3.8, 4) is 0 Å². The van der Waals surface area contributed by atoms with Crippen molar-refractivity contribution >= 4 is 5.69 Å². The van der Waals surface area contributed by atoms with Gasteiger partial charge in [0.15, 0.2) is 0 Å². The first kappa shape index (κ1) is 11.0. The van der Waals surface area contributed by atoms with Crippen LogP contribution in [-0.4, -0.2) is 13.1 Å². The highest BCUT2D eigenvalue weighted by Crippen LogP contribution is 2.22. The van der Waals surface area contributed by atoms with E-state index in [1.165, 1.54) is 0 Å². The summed E-state index contributed by atoms with van der Waals surface area (Å²) in [6, 6.07) is 0.246. The summed E-state index contributed by atoms with van der Waals surface area (Å²) >= 11 is 0. The quantitative estimate of drug-likeness (QED) is 0.681. The minimum absolute atomic E-state index is 0.136. The van der Waals surface area contributed by atoms with Crippen LogP contribution in [0.3, 0.4) is 0 Å². The van der Waals surface area contributed by atoms with E-state index in [1.807, 2.05) is 39.6 Å². The van der Waals surface area contributed by atoms with Gasteiger partial charge in [-0.2, -0.15) is 0 Å². The molecule has 0 unspecified atom stereocenters. The fraction of sp³-hybridized carbons (Fsp3) is 0.636. The Labute approximate surface area is 84.0 Å². The van der Waals surface area contributed by atoms with Crippen LogP contribution in [0.1, 0.15) is 39.2 Å². The molecule has 0 aliphatic heterocycles. The largest absolute Gasteiger partial charge is 0.369 e. The smallest absolute Gasteiger partial charge is 0.249 e. The Morgan fingerprint density at radius 2 is 1.50 bits per heavy atom. The second-order valence-electron chi connectivity index (χ2n) is 4.28. The molecule has 1 aromatic rings. The van der Waals surface area contributed by atoms with Crippen LogP contribution >= 0.6 is 0 Å². The molecule has 14 heavy (non-hydrogen) atoms. The SMILES string of the molecule is CC(C)c1c(N(C)C(C)C)c(=O)c1=O. The molecule has 0 aliphatic rings. The molecule has 0 atom stereocenters. The number of hydrogen-bond donors (Lipinski definition) is 0. The van der Waals surface area contributed by atoms with Crippen molar-refractivity contribution < 1.29 is 0 Å². The lowest BCUT2D eigenvalue weighted by atomic mass is 9.95. The molecule has 1 rings (SSSR count). The van der Waals surface area contributed by atoms with Gasteiger partial charge >= 0.3 is 0 Å². The first-order valence-corrected chi connectivity index (χ1v) is 4.94. The Hall–Kier alpha value is -1.12. The molecular formula is C11H17NO2. The van der Waals surface area contributed by atoms with Crippen LogP contribution in [0, 0.1) is 0 Å². The molecule has 0 N–H and O–H groups in total. The monoisotopic (exact) mass is 195 g/mol. The summed E-state index contributed by atoms with van der Waals surface area (Å²) in [5.41, 5.74) is 0.665. The van der Waals surface area contributed by atoms with Gasteiger partial charge in [0, 0.05) is 18.7 Å². The lowest BCUT2D eigenvalue weighted by molar-refractivity contribution is 0.727. The molecule has 3 nitrogen and oxygen atoms in total. The van der Waals surface area contributed by atoms with Gasteiger partial charge in [-0.05, 0) is 19.8 Å². The summed E-state index contributed by atoms with van der Waals surface area (Å²) in [5.74, 6) is 0.136. The molecule has 78 valence electrons. The van der Waals surface area contributed by atoms with Crippen molar-refractivity contribution in [2.75, 3.05) is 11.9 Å². The zero-order valence-corrected chi connectivity index (χ0v) is 9.42. The average molecular weight is 195 g/mol. The normalized spacial score (nSPS) is 11.6. The first-order chi connectivity index (χ1) is 6.37. The topological polar surface area (TPSA) is 37.4 Å². The number of anilines is 1. The average Bonchev–Trinajstić information content (AvgIpc) is 2.10. The highest BCUT2D eigenvalue weighted by molar-refractivity contribution is 5.59. The van der Waals surface area contributed by atoms with Crippen molar-refractivity contribution in [1.82, 2.24) is 0 Å². The molecular weight excluding hydrogens is 178 g/mol. The predicted octanol–water partition coefficient (Wildman–Crippen LogP) is 1.25. The predicted molar refractivity (Wildman–Crippen MR) is 59.0 cm³/mol. The van der Waals surface area contributed by atoms with Crippen molar-refractivity contribution in [2.45, 2.75) is 39.7 Å². The van der Waals surface area contributed by atoms with Gasteiger partial charge in [-0.1, -0.05) is 13.8 Å². The number of rotatable bonds is 3. The minimum Gasteiger partial charge on any atom is -0.369 e. The maximum atomic E-state index is 11.4. The molecule has 0 radical (unpaired) electrons. The zero-order valence-electron chi connectivity index (χ0n) is 9.42. The highest BCUT2D eigenvalue weighted by atomic mass is 16.2. The first-order valence-electron chi connectivity index (χ1n) is 4.94. The summed E-state index contributed by atoms with van der Waals surface area (Å²) in [7, 11) is 1.85. The molecule has 0 bridgehead atoms. The Balaban J connectivity index is 3.17. The second-order valence-corrected chi connectivity index (χ2v) is 4.28. The van der Waals surface area contributed by atoms with Gasteiger partial charge in [0.25, 0.3) is 0 Å². The maximum absolute atomic E-state index is 11.4. The van der Waals surface area contributed by atoms with Crippen molar-refractivity contribution in [2.24, 2.45) is 0 Å². The van der Waals surface area contributed by atoms with E-state index in [0.29, 0.717) is 11.3 Å². The molecule has 0 amide bonds. The molecule has 0 fully saturated rings. The van der Waals surface area contributed by atoms with Crippen molar-refractivity contribution in [3.63, 3.8) is 0 Å². The molecule has 0 saturated carbocycles. The van der Waals surface area contributed by atoms with E-state index < -0.39 is 0 Å². The van der Waals surface area contributed by atoms with Crippen LogP contribution < -0.4 is 15.8 Å². The molecule has 0 saturated heterocycles. The van der Waals surface area contributed by atoms with Gasteiger partial charge in [0.1, 0.15) is 0 Å². The van der Waals surface area contributed by atoms with Crippen LogP contribution in [0.2, 0.25) is 0 Å². The van der Waals surface area contributed by atoms with E-state index >= 15 is 0 Å². The van der Waals surface area contributed by atoms with Crippen LogP contribution in [0.15, 0.2) is 9.59 Å². The zero-order chi connectivity index (χ0) is 11.0. The van der Waals surface area contributed by atoms with Crippen LogP contribution in [0.4, 0.5) is 5.69 Å². The second kappa shape index (κ2) is 3.56. The summed E-state index contributed by atoms with van der Waals surface area (Å²) in [6.07, 6.45) is 0. The van der Waals surface area contributed by atoms with Gasteiger partial charge in [0.2, 0.25) is 10.9 Å². The Morgan fingerprint density at radius 3 is 1.86 bits per heavy atom. The fourth-order valence-corrected chi connectivity index (χ4v) is 1.54. The van der Waals surface area contributed by atoms with Gasteiger partial charge < -0.3 is 4.90 Å². The van der Waals surface area contributed by atoms with Gasteiger partial charge in [-0.25, -0.2) is 0 Å². The van der Waals surface area contributed by atoms with E-state index in [4.69, 9.17) is 0 Å². The molecule has 0 heterocycles. The molecule has 0 aromatic heterocycles. The third-order valence-corrected chi connectivity index (χ3v) is 2.63. The lowest BCUT2D eigenvalue weighted by Crippen LogP contribution is -2.45. The Bertz CT molecular complexity index is 397. The summed E-state index contributed by atoms with van der Waals surface area (Å²) in [4.78, 5) is 24.6. The van der Waals surface area contributed by atoms with E-state index in [0.717, 1.165) is 0 Å². The standard InChI is InChI=1S/C11H17NO2/c1-6(2)8-9(11(14)10(8)13)12(5)7(3)4/h6-7H,1-5H3. The van der Waals surface area contributed by atoms with Crippen LogP contribution in [0.5, 0.6) is 0 Å². The third-order valence-electron chi connectivity index (χ3n) is 2.63. The number of nitrogens with zero attached hydrogens (tertiary/aromatic N) is 1. The third kappa shape index (κ3) is 1.47. The van der Waals surface area contributed by atoms with Crippen molar-refractivity contribution in [1.29, 1.82) is 0 Å². The van der Waals surface area contributed by atoms with E-state index in [1.54, 1.807) is 0 Å². The molecule has 0 aliphatic carbocycles. The van der Waals surface area contributed by atoms with E-state index in [9.17, 15) is 9.59 Å². The molecule has 1 aromatic carbocycles. The van der Waals surface area contributed by atoms with Gasteiger partial charge in [0.05, 0.1) is 5.69 Å². The van der Waals surface area contributed by atoms with Gasteiger partial charge in [-0.15, -0.1) is 0 Å². The van der Waals surface area contributed by atoms with E-state index in [2.05, 4.69) is 0 Å². The Kier molecular flexibility index (Phi) is 2.79. The van der Waals surface area contributed by atoms with Crippen LogP contribution in [-0.2, 0) is 0 Å². The lowest BCUT2D eigenvalue weighted by Gasteiger charge is -2.27. The summed E-state index contributed by atoms with van der Waals surface area (Å²) in [5, 5.41) is 0. The molecule has 0 spiro atoms. The summed E-state index contributed by atoms with van der Waals surface area (Å²) in [6.45, 7) is 7.88. The minimum atomic E-state index is -0.329. The van der Waals surface area contributed by atoms with Crippen molar-refractivity contribution in [3.05, 3.63) is 26.0 Å². The number of hydrogen-bond acceptors (Lipinski definition) is 3. The maximum Gasteiger partial charge on any atom is 0.249 e. The molecule has 3 heteroatoms. The van der Waals surface area contributed by atoms with E-state index in [-0.39, 0.29) is 22.8 Å². The van der Waals surface area contributed by atoms with Gasteiger partial charge in [-0.3, -0.25) is 9.59 Å².